The minimum absolute atomic E-state index is 0.513. The van der Waals surface area contributed by atoms with Gasteiger partial charge in [-0.15, -0.1) is 0 Å². The van der Waals surface area contributed by atoms with Gasteiger partial charge in [-0.2, -0.15) is 0 Å². The van der Waals surface area contributed by atoms with Crippen LogP contribution in [0, 0.1) is 0 Å². The van der Waals surface area contributed by atoms with Crippen LogP contribution < -0.4 is 0 Å². The summed E-state index contributed by atoms with van der Waals surface area (Å²) in [7, 11) is 2.23. The number of rotatable bonds is 3. The molecule has 0 saturated carbocycles. The summed E-state index contributed by atoms with van der Waals surface area (Å²) in [6.07, 6.45) is 5.63. The van der Waals surface area contributed by atoms with Crippen LogP contribution in [0.2, 0.25) is 0 Å². The first kappa shape index (κ1) is 15.1. The maximum atomic E-state index is 5.02. The number of pyridine rings is 1. The third-order valence-electron chi connectivity index (χ3n) is 5.53. The van der Waals surface area contributed by atoms with Gasteiger partial charge < -0.3 is 14.4 Å². The topological polar surface area (TPSA) is 37.2 Å². The van der Waals surface area contributed by atoms with Crippen LogP contribution in [0.4, 0.5) is 0 Å². The lowest BCUT2D eigenvalue weighted by Gasteiger charge is -2.32. The average Bonchev–Trinajstić information content (AvgIpc) is 3.19. The Morgan fingerprint density at radius 2 is 2.13 bits per heavy atom. The fraction of sp³-hybridized carbons (Fsp3) is 0.667. The van der Waals surface area contributed by atoms with Crippen LogP contribution in [-0.2, 0) is 0 Å². The largest absolute Gasteiger partial charge is 0.308 e. The number of imidazole rings is 1. The van der Waals surface area contributed by atoms with Crippen LogP contribution >= 0.6 is 0 Å². The van der Waals surface area contributed by atoms with Gasteiger partial charge in [0.25, 0.3) is 0 Å². The molecule has 0 bridgehead atoms. The van der Waals surface area contributed by atoms with E-state index in [0.29, 0.717) is 12.0 Å². The molecule has 124 valence electrons. The fourth-order valence-corrected chi connectivity index (χ4v) is 4.28. The number of nitrogens with zero attached hydrogens (tertiary/aromatic N) is 5. The van der Waals surface area contributed by atoms with Gasteiger partial charge in [0, 0.05) is 31.2 Å². The van der Waals surface area contributed by atoms with E-state index in [2.05, 4.69) is 39.4 Å². The van der Waals surface area contributed by atoms with Crippen molar-refractivity contribution in [3.8, 4) is 0 Å². The van der Waals surface area contributed by atoms with Gasteiger partial charge in [-0.25, -0.2) is 9.97 Å². The Morgan fingerprint density at radius 1 is 1.22 bits per heavy atom. The highest BCUT2D eigenvalue weighted by molar-refractivity contribution is 5.71. The van der Waals surface area contributed by atoms with E-state index in [9.17, 15) is 0 Å². The highest BCUT2D eigenvalue weighted by Gasteiger charge is 2.31. The Kier molecular flexibility index (Phi) is 4.07. The molecule has 2 atom stereocenters. The summed E-state index contributed by atoms with van der Waals surface area (Å²) in [6.45, 7) is 8.05. The van der Waals surface area contributed by atoms with E-state index >= 15 is 0 Å². The normalized spacial score (nSPS) is 27.0. The van der Waals surface area contributed by atoms with Crippen LogP contribution in [0.15, 0.2) is 18.3 Å². The number of hydrogen-bond acceptors (Lipinski definition) is 4. The molecule has 4 rings (SSSR count). The second kappa shape index (κ2) is 6.21. The summed E-state index contributed by atoms with van der Waals surface area (Å²) in [4.78, 5) is 14.7. The summed E-state index contributed by atoms with van der Waals surface area (Å²) in [5.41, 5.74) is 2.14. The van der Waals surface area contributed by atoms with Crippen molar-refractivity contribution < 1.29 is 0 Å². The van der Waals surface area contributed by atoms with Crippen molar-refractivity contribution in [1.29, 1.82) is 0 Å². The van der Waals surface area contributed by atoms with Crippen LogP contribution in [0.5, 0.6) is 0 Å². The fourth-order valence-electron chi connectivity index (χ4n) is 4.28. The van der Waals surface area contributed by atoms with E-state index < -0.39 is 0 Å². The second-order valence-corrected chi connectivity index (χ2v) is 7.12. The van der Waals surface area contributed by atoms with E-state index in [-0.39, 0.29) is 0 Å². The number of likely N-dealkylation sites (N-methyl/N-ethyl adjacent to an activating group) is 2. The molecule has 2 aromatic heterocycles. The maximum absolute atomic E-state index is 5.02. The third kappa shape index (κ3) is 2.76. The van der Waals surface area contributed by atoms with E-state index in [1.807, 2.05) is 12.3 Å². The first-order valence-corrected chi connectivity index (χ1v) is 9.00. The number of piperidine rings is 1. The average molecular weight is 313 g/mol. The van der Waals surface area contributed by atoms with Gasteiger partial charge in [-0.3, -0.25) is 0 Å². The van der Waals surface area contributed by atoms with Gasteiger partial charge in [0.15, 0.2) is 5.65 Å². The minimum Gasteiger partial charge on any atom is -0.308 e. The lowest BCUT2D eigenvalue weighted by molar-refractivity contribution is 0.210. The molecular formula is C18H27N5. The van der Waals surface area contributed by atoms with Gasteiger partial charge in [-0.05, 0) is 58.1 Å². The predicted octanol–water partition coefficient (Wildman–Crippen LogP) is 2.51. The van der Waals surface area contributed by atoms with Crippen LogP contribution in [0.1, 0.15) is 44.0 Å². The lowest BCUT2D eigenvalue weighted by atomic mass is 10.0. The van der Waals surface area contributed by atoms with Crippen LogP contribution in [-0.4, -0.2) is 64.1 Å². The van der Waals surface area contributed by atoms with E-state index in [0.717, 1.165) is 30.8 Å². The Morgan fingerprint density at radius 3 is 2.91 bits per heavy atom. The quantitative estimate of drug-likeness (QED) is 0.872. The number of likely N-dealkylation sites (tertiary alicyclic amines) is 2. The molecule has 0 amide bonds. The summed E-state index contributed by atoms with van der Waals surface area (Å²) in [5, 5.41) is 0. The van der Waals surface area contributed by atoms with Crippen molar-refractivity contribution in [3.63, 3.8) is 0 Å². The smallest absolute Gasteiger partial charge is 0.160 e. The molecule has 2 aliphatic heterocycles. The predicted molar refractivity (Wildman–Crippen MR) is 92.8 cm³/mol. The van der Waals surface area contributed by atoms with Gasteiger partial charge in [-0.1, -0.05) is 6.92 Å². The molecule has 0 radical (unpaired) electrons. The minimum atomic E-state index is 0.513. The maximum Gasteiger partial charge on any atom is 0.160 e. The zero-order chi connectivity index (χ0) is 15.8. The van der Waals surface area contributed by atoms with Crippen LogP contribution in [0.3, 0.4) is 0 Å². The number of fused-ring (bicyclic) bond motifs is 1. The molecule has 0 aromatic carbocycles. The molecule has 5 heteroatoms. The monoisotopic (exact) mass is 313 g/mol. The second-order valence-electron chi connectivity index (χ2n) is 7.12. The van der Waals surface area contributed by atoms with Crippen molar-refractivity contribution in [2.24, 2.45) is 0 Å². The van der Waals surface area contributed by atoms with Crippen molar-refractivity contribution in [2.45, 2.75) is 38.1 Å². The third-order valence-corrected chi connectivity index (χ3v) is 5.53. The van der Waals surface area contributed by atoms with Crippen molar-refractivity contribution >= 4 is 11.2 Å². The lowest BCUT2D eigenvalue weighted by Crippen LogP contribution is -2.34. The molecule has 2 fully saturated rings. The molecule has 2 saturated heterocycles. The Balaban J connectivity index is 1.75. The number of aromatic nitrogens is 3. The first-order chi connectivity index (χ1) is 11.3. The molecule has 5 nitrogen and oxygen atoms in total. The number of hydrogen-bond donors (Lipinski definition) is 0. The van der Waals surface area contributed by atoms with E-state index in [1.165, 1.54) is 38.2 Å². The van der Waals surface area contributed by atoms with Gasteiger partial charge in [0.1, 0.15) is 11.3 Å². The zero-order valence-corrected chi connectivity index (χ0v) is 14.3. The molecule has 4 heterocycles. The van der Waals surface area contributed by atoms with Crippen molar-refractivity contribution in [1.82, 2.24) is 24.3 Å². The first-order valence-electron chi connectivity index (χ1n) is 9.00. The molecule has 2 unspecified atom stereocenters. The van der Waals surface area contributed by atoms with E-state index in [1.54, 1.807) is 0 Å². The Bertz CT molecular complexity index is 679. The Hall–Kier alpha value is -1.46. The summed E-state index contributed by atoms with van der Waals surface area (Å²) < 4.78 is 2.48. The molecular weight excluding hydrogens is 286 g/mol. The Labute approximate surface area is 138 Å². The molecule has 2 aliphatic rings. The van der Waals surface area contributed by atoms with Gasteiger partial charge in [0.05, 0.1) is 0 Å². The van der Waals surface area contributed by atoms with E-state index in [4.69, 9.17) is 4.98 Å². The van der Waals surface area contributed by atoms with Crippen LogP contribution in [0.25, 0.3) is 11.2 Å². The standard InChI is InChI=1S/C18H27N5/c1-3-22-11-8-14(12-22)17-20-16-7-4-9-19-18(16)23(17)15-6-5-10-21(2)13-15/h4,7,9,14-15H,3,5-6,8,10-13H2,1-2H3. The molecule has 2 aromatic rings. The molecule has 23 heavy (non-hydrogen) atoms. The SMILES string of the molecule is CCN1CCC(c2nc3cccnc3n2C2CCCN(C)C2)C1. The highest BCUT2D eigenvalue weighted by atomic mass is 15.2. The molecule has 0 spiro atoms. The van der Waals surface area contributed by atoms with Crippen molar-refractivity contribution in [2.75, 3.05) is 39.8 Å². The van der Waals surface area contributed by atoms with Gasteiger partial charge in [0.2, 0.25) is 0 Å². The highest BCUT2D eigenvalue weighted by Crippen LogP contribution is 2.33. The summed E-state index contributed by atoms with van der Waals surface area (Å²) >= 11 is 0. The molecule has 0 N–H and O–H groups in total. The zero-order valence-electron chi connectivity index (χ0n) is 14.3. The summed E-state index contributed by atoms with van der Waals surface area (Å²) in [6, 6.07) is 4.63. The van der Waals surface area contributed by atoms with Gasteiger partial charge >= 0.3 is 0 Å². The summed E-state index contributed by atoms with van der Waals surface area (Å²) in [5.74, 6) is 1.83. The molecule has 0 aliphatic carbocycles. The van der Waals surface area contributed by atoms with Crippen molar-refractivity contribution in [3.05, 3.63) is 24.2 Å².